The molecule has 0 N–H and O–H groups in total. The van der Waals surface area contributed by atoms with Crippen molar-refractivity contribution < 1.29 is 14.3 Å². The molecule has 0 aromatic heterocycles. The predicted molar refractivity (Wildman–Crippen MR) is 67.3 cm³/mol. The minimum Gasteiger partial charge on any atom is -0.494 e. The highest BCUT2D eigenvalue weighted by Crippen LogP contribution is 2.13. The maximum atomic E-state index is 11.6. The molecular formula is C14H20O3. The molecule has 3 heteroatoms. The average molecular weight is 236 g/mol. The summed E-state index contributed by atoms with van der Waals surface area (Å²) in [5.74, 6) is 0.860. The maximum Gasteiger partial charge on any atom is 0.338 e. The van der Waals surface area contributed by atoms with Gasteiger partial charge in [-0.3, -0.25) is 0 Å². The third-order valence-electron chi connectivity index (χ3n) is 2.11. The van der Waals surface area contributed by atoms with E-state index in [1.165, 1.54) is 0 Å². The number of hydrogen-bond acceptors (Lipinski definition) is 3. The average Bonchev–Trinajstić information content (AvgIpc) is 2.34. The first-order valence-electron chi connectivity index (χ1n) is 6.03. The molecule has 1 rings (SSSR count). The van der Waals surface area contributed by atoms with Gasteiger partial charge in [-0.05, 0) is 36.6 Å². The van der Waals surface area contributed by atoms with Crippen LogP contribution < -0.4 is 4.74 Å². The van der Waals surface area contributed by atoms with Gasteiger partial charge in [-0.25, -0.2) is 4.79 Å². The molecule has 0 aliphatic carbocycles. The fourth-order valence-corrected chi connectivity index (χ4v) is 1.23. The topological polar surface area (TPSA) is 35.5 Å². The monoisotopic (exact) mass is 236 g/mol. The van der Waals surface area contributed by atoms with Gasteiger partial charge in [0.25, 0.3) is 0 Å². The zero-order valence-corrected chi connectivity index (χ0v) is 10.7. The highest BCUT2D eigenvalue weighted by atomic mass is 16.5. The summed E-state index contributed by atoms with van der Waals surface area (Å²) < 4.78 is 10.6. The van der Waals surface area contributed by atoms with Crippen LogP contribution in [0.4, 0.5) is 0 Å². The number of carbonyl (C=O) groups is 1. The molecule has 0 bridgehead atoms. The highest BCUT2D eigenvalue weighted by molar-refractivity contribution is 5.89. The molecule has 0 radical (unpaired) electrons. The van der Waals surface area contributed by atoms with E-state index >= 15 is 0 Å². The SMILES string of the molecule is CCCOc1ccc(C(=O)OCC(C)C)cc1. The molecule has 1 aromatic rings. The Kier molecular flexibility index (Phi) is 5.53. The molecule has 0 fully saturated rings. The Balaban J connectivity index is 2.51. The van der Waals surface area contributed by atoms with Crippen molar-refractivity contribution >= 4 is 5.97 Å². The van der Waals surface area contributed by atoms with E-state index in [0.29, 0.717) is 24.7 Å². The van der Waals surface area contributed by atoms with E-state index in [4.69, 9.17) is 9.47 Å². The lowest BCUT2D eigenvalue weighted by atomic mass is 10.2. The maximum absolute atomic E-state index is 11.6. The van der Waals surface area contributed by atoms with Crippen LogP contribution in [0, 0.1) is 5.92 Å². The van der Waals surface area contributed by atoms with Gasteiger partial charge in [0.1, 0.15) is 5.75 Å². The Morgan fingerprint density at radius 1 is 1.24 bits per heavy atom. The molecule has 0 aliphatic rings. The second-order valence-corrected chi connectivity index (χ2v) is 4.37. The Hall–Kier alpha value is -1.51. The molecular weight excluding hydrogens is 216 g/mol. The van der Waals surface area contributed by atoms with Gasteiger partial charge < -0.3 is 9.47 Å². The first kappa shape index (κ1) is 13.6. The largest absolute Gasteiger partial charge is 0.494 e. The number of rotatable bonds is 6. The molecule has 3 nitrogen and oxygen atoms in total. The smallest absolute Gasteiger partial charge is 0.338 e. The number of esters is 1. The Morgan fingerprint density at radius 3 is 2.41 bits per heavy atom. The number of hydrogen-bond donors (Lipinski definition) is 0. The molecule has 0 heterocycles. The molecule has 17 heavy (non-hydrogen) atoms. The summed E-state index contributed by atoms with van der Waals surface area (Å²) >= 11 is 0. The quantitative estimate of drug-likeness (QED) is 0.711. The van der Waals surface area contributed by atoms with Crippen LogP contribution in [-0.4, -0.2) is 19.2 Å². The van der Waals surface area contributed by atoms with Crippen molar-refractivity contribution in [3.05, 3.63) is 29.8 Å². The van der Waals surface area contributed by atoms with E-state index in [9.17, 15) is 4.79 Å². The van der Waals surface area contributed by atoms with E-state index in [1.54, 1.807) is 24.3 Å². The summed E-state index contributed by atoms with van der Waals surface area (Å²) in [6.07, 6.45) is 0.970. The lowest BCUT2D eigenvalue weighted by Gasteiger charge is -2.08. The minimum absolute atomic E-state index is 0.277. The summed E-state index contributed by atoms with van der Waals surface area (Å²) in [6, 6.07) is 7.05. The third-order valence-corrected chi connectivity index (χ3v) is 2.11. The van der Waals surface area contributed by atoms with Crippen molar-refractivity contribution in [3.8, 4) is 5.75 Å². The Morgan fingerprint density at radius 2 is 1.88 bits per heavy atom. The van der Waals surface area contributed by atoms with Gasteiger partial charge in [-0.2, -0.15) is 0 Å². The fourth-order valence-electron chi connectivity index (χ4n) is 1.23. The van der Waals surface area contributed by atoms with E-state index in [-0.39, 0.29) is 5.97 Å². The van der Waals surface area contributed by atoms with Crippen LogP contribution in [-0.2, 0) is 4.74 Å². The van der Waals surface area contributed by atoms with E-state index in [0.717, 1.165) is 12.2 Å². The van der Waals surface area contributed by atoms with Crippen LogP contribution in [0.15, 0.2) is 24.3 Å². The van der Waals surface area contributed by atoms with E-state index in [1.807, 2.05) is 13.8 Å². The van der Waals surface area contributed by atoms with Crippen LogP contribution in [0.25, 0.3) is 0 Å². The van der Waals surface area contributed by atoms with Gasteiger partial charge in [-0.15, -0.1) is 0 Å². The molecule has 0 atom stereocenters. The van der Waals surface area contributed by atoms with Crippen LogP contribution in [0.3, 0.4) is 0 Å². The van der Waals surface area contributed by atoms with Crippen molar-refractivity contribution in [2.75, 3.05) is 13.2 Å². The van der Waals surface area contributed by atoms with Crippen molar-refractivity contribution in [3.63, 3.8) is 0 Å². The van der Waals surface area contributed by atoms with E-state index in [2.05, 4.69) is 6.92 Å². The lowest BCUT2D eigenvalue weighted by Crippen LogP contribution is -2.10. The molecule has 0 aliphatic heterocycles. The Bertz CT molecular complexity index is 341. The first-order valence-corrected chi connectivity index (χ1v) is 6.03. The second kappa shape index (κ2) is 6.94. The van der Waals surface area contributed by atoms with Gasteiger partial charge in [0.2, 0.25) is 0 Å². The predicted octanol–water partition coefficient (Wildman–Crippen LogP) is 3.29. The van der Waals surface area contributed by atoms with Gasteiger partial charge in [0.15, 0.2) is 0 Å². The summed E-state index contributed by atoms with van der Waals surface area (Å²) in [5.41, 5.74) is 0.564. The summed E-state index contributed by atoms with van der Waals surface area (Å²) in [6.45, 7) is 7.21. The molecule has 0 saturated heterocycles. The molecule has 94 valence electrons. The van der Waals surface area contributed by atoms with Gasteiger partial charge in [0, 0.05) is 0 Å². The number of carbonyl (C=O) groups excluding carboxylic acids is 1. The van der Waals surface area contributed by atoms with Crippen LogP contribution >= 0.6 is 0 Å². The summed E-state index contributed by atoms with van der Waals surface area (Å²) in [7, 11) is 0. The molecule has 0 unspecified atom stereocenters. The number of ether oxygens (including phenoxy) is 2. The molecule has 1 aromatic carbocycles. The summed E-state index contributed by atoms with van der Waals surface area (Å²) in [5, 5.41) is 0. The minimum atomic E-state index is -0.277. The number of benzene rings is 1. The third kappa shape index (κ3) is 4.89. The summed E-state index contributed by atoms with van der Waals surface area (Å²) in [4.78, 5) is 11.6. The van der Waals surface area contributed by atoms with Crippen molar-refractivity contribution in [1.82, 2.24) is 0 Å². The molecule has 0 saturated carbocycles. The van der Waals surface area contributed by atoms with Crippen LogP contribution in [0.1, 0.15) is 37.6 Å². The van der Waals surface area contributed by atoms with Crippen LogP contribution in [0.5, 0.6) is 5.75 Å². The zero-order valence-electron chi connectivity index (χ0n) is 10.7. The first-order chi connectivity index (χ1) is 8.13. The zero-order chi connectivity index (χ0) is 12.7. The van der Waals surface area contributed by atoms with Gasteiger partial charge in [-0.1, -0.05) is 20.8 Å². The van der Waals surface area contributed by atoms with Crippen molar-refractivity contribution in [2.45, 2.75) is 27.2 Å². The van der Waals surface area contributed by atoms with E-state index < -0.39 is 0 Å². The van der Waals surface area contributed by atoms with Crippen LogP contribution in [0.2, 0.25) is 0 Å². The lowest BCUT2D eigenvalue weighted by molar-refractivity contribution is 0.0459. The molecule has 0 spiro atoms. The van der Waals surface area contributed by atoms with Crippen molar-refractivity contribution in [1.29, 1.82) is 0 Å². The highest BCUT2D eigenvalue weighted by Gasteiger charge is 2.07. The van der Waals surface area contributed by atoms with Gasteiger partial charge >= 0.3 is 5.97 Å². The van der Waals surface area contributed by atoms with Gasteiger partial charge in [0.05, 0.1) is 18.8 Å². The standard InChI is InChI=1S/C14H20O3/c1-4-9-16-13-7-5-12(6-8-13)14(15)17-10-11(2)3/h5-8,11H,4,9-10H2,1-3H3. The second-order valence-electron chi connectivity index (χ2n) is 4.37. The Labute approximate surface area is 103 Å². The van der Waals surface area contributed by atoms with Crippen molar-refractivity contribution in [2.24, 2.45) is 5.92 Å². The fraction of sp³-hybridized carbons (Fsp3) is 0.500. The normalized spacial score (nSPS) is 10.4. The molecule has 0 amide bonds.